The molecule has 3 aliphatic rings. The summed E-state index contributed by atoms with van der Waals surface area (Å²) in [6.45, 7) is 7.16. The summed E-state index contributed by atoms with van der Waals surface area (Å²) in [4.78, 5) is 13.0. The minimum absolute atomic E-state index is 0.385. The fourth-order valence-electron chi connectivity index (χ4n) is 3.78. The van der Waals surface area contributed by atoms with E-state index in [1.54, 1.807) is 45.9 Å². The van der Waals surface area contributed by atoms with Crippen molar-refractivity contribution in [2.24, 2.45) is 0 Å². The number of anilines is 1. The van der Waals surface area contributed by atoms with Gasteiger partial charge < -0.3 is 33.7 Å². The number of hydrogen-bond donors (Lipinski definition) is 1. The number of nitrogens with one attached hydrogen (secondary N) is 1. The van der Waals surface area contributed by atoms with Gasteiger partial charge in [0.2, 0.25) is 0 Å². The van der Waals surface area contributed by atoms with Gasteiger partial charge in [0.05, 0.1) is 12.1 Å². The van der Waals surface area contributed by atoms with Gasteiger partial charge in [0.15, 0.2) is 24.0 Å². The van der Waals surface area contributed by atoms with Crippen molar-refractivity contribution in [1.82, 2.24) is 0 Å². The number of benzene rings is 1. The predicted molar refractivity (Wildman–Crippen MR) is 99.2 cm³/mol. The molecule has 3 saturated heterocycles. The molecule has 8 nitrogen and oxygen atoms in total. The lowest BCUT2D eigenvalue weighted by molar-refractivity contribution is -0.229. The lowest BCUT2D eigenvalue weighted by Gasteiger charge is -2.36. The van der Waals surface area contributed by atoms with Gasteiger partial charge >= 0.3 is 0 Å². The van der Waals surface area contributed by atoms with Crippen LogP contribution < -0.4 is 10.1 Å². The average molecular weight is 414 g/mol. The Balaban J connectivity index is 1.56. The quantitative estimate of drug-likeness (QED) is 0.815. The first-order valence-corrected chi connectivity index (χ1v) is 9.47. The lowest BCUT2D eigenvalue weighted by atomic mass is 9.98. The fraction of sp³-hybridized carbons (Fsp3) is 0.632. The van der Waals surface area contributed by atoms with E-state index in [2.05, 4.69) is 5.32 Å². The molecule has 3 heterocycles. The number of methoxy groups -OCH3 is 1. The van der Waals surface area contributed by atoms with Crippen molar-refractivity contribution in [3.8, 4) is 5.75 Å². The first kappa shape index (κ1) is 19.9. The van der Waals surface area contributed by atoms with E-state index in [9.17, 15) is 4.79 Å². The molecule has 1 N–H and O–H groups in total. The van der Waals surface area contributed by atoms with Gasteiger partial charge in [0.1, 0.15) is 24.1 Å². The van der Waals surface area contributed by atoms with Crippen molar-refractivity contribution in [1.29, 1.82) is 0 Å². The fourth-order valence-corrected chi connectivity index (χ4v) is 4.04. The van der Waals surface area contributed by atoms with Crippen LogP contribution in [0.15, 0.2) is 18.2 Å². The van der Waals surface area contributed by atoms with Gasteiger partial charge in [-0.2, -0.15) is 0 Å². The van der Waals surface area contributed by atoms with Crippen LogP contribution in [0.5, 0.6) is 5.75 Å². The molecule has 3 aliphatic heterocycles. The first-order chi connectivity index (χ1) is 13.1. The molecule has 28 heavy (non-hydrogen) atoms. The van der Waals surface area contributed by atoms with Crippen LogP contribution in [0.4, 0.5) is 5.69 Å². The summed E-state index contributed by atoms with van der Waals surface area (Å²) in [5.41, 5.74) is 0.514. The third kappa shape index (κ3) is 3.60. The van der Waals surface area contributed by atoms with Crippen molar-refractivity contribution in [3.05, 3.63) is 23.2 Å². The smallest absolute Gasteiger partial charge is 0.256 e. The summed E-state index contributed by atoms with van der Waals surface area (Å²) in [5.74, 6) is -1.58. The van der Waals surface area contributed by atoms with E-state index >= 15 is 0 Å². The second-order valence-electron chi connectivity index (χ2n) is 7.93. The predicted octanol–water partition coefficient (Wildman–Crippen LogP) is 2.68. The van der Waals surface area contributed by atoms with Crippen LogP contribution in [0.25, 0.3) is 0 Å². The third-order valence-electron chi connectivity index (χ3n) is 4.83. The lowest BCUT2D eigenvalue weighted by Crippen LogP contribution is -2.58. The first-order valence-electron chi connectivity index (χ1n) is 9.10. The van der Waals surface area contributed by atoms with E-state index in [0.717, 1.165) is 0 Å². The number of fused-ring (bicyclic) bond motifs is 3. The maximum atomic E-state index is 13.0. The van der Waals surface area contributed by atoms with Crippen molar-refractivity contribution in [2.45, 2.75) is 70.0 Å². The highest BCUT2D eigenvalue weighted by Crippen LogP contribution is 2.44. The highest BCUT2D eigenvalue weighted by Gasteiger charge is 2.62. The Morgan fingerprint density at radius 3 is 2.36 bits per heavy atom. The highest BCUT2D eigenvalue weighted by molar-refractivity contribution is 6.32. The summed E-state index contributed by atoms with van der Waals surface area (Å²) in [7, 11) is 1.52. The van der Waals surface area contributed by atoms with Crippen molar-refractivity contribution in [3.63, 3.8) is 0 Å². The number of amides is 1. The van der Waals surface area contributed by atoms with Gasteiger partial charge in [-0.3, -0.25) is 4.79 Å². The Morgan fingerprint density at radius 2 is 1.68 bits per heavy atom. The van der Waals surface area contributed by atoms with Gasteiger partial charge in [-0.15, -0.1) is 0 Å². The van der Waals surface area contributed by atoms with Crippen molar-refractivity contribution < 1.29 is 33.2 Å². The second-order valence-corrected chi connectivity index (χ2v) is 8.34. The number of hydrogen-bond acceptors (Lipinski definition) is 7. The Morgan fingerprint density at radius 1 is 1.04 bits per heavy atom. The molecule has 154 valence electrons. The monoisotopic (exact) mass is 413 g/mol. The second kappa shape index (κ2) is 6.83. The molecule has 1 aromatic carbocycles. The molecule has 5 atom stereocenters. The van der Waals surface area contributed by atoms with E-state index in [-0.39, 0.29) is 5.91 Å². The standard InChI is InChI=1S/C19H24ClNO7/c1-18(2)25-12-13(26-18)15-17(28-19(3,4)27-15)24-14(12)16(22)21-9-6-7-11(23-5)10(20)8-9/h6-8,12-15,17H,1-5H3,(H,21,22)/t12-,13+,14+,15-,17-/m1/s1. The Kier molecular flexibility index (Phi) is 4.85. The number of rotatable bonds is 3. The van der Waals surface area contributed by atoms with E-state index in [4.69, 9.17) is 40.0 Å². The topological polar surface area (TPSA) is 84.5 Å². The molecule has 9 heteroatoms. The normalized spacial score (nSPS) is 35.1. The molecule has 0 spiro atoms. The summed E-state index contributed by atoms with van der Waals surface area (Å²) >= 11 is 6.14. The highest BCUT2D eigenvalue weighted by atomic mass is 35.5. The average Bonchev–Trinajstić information content (AvgIpc) is 3.08. The molecule has 0 aromatic heterocycles. The summed E-state index contributed by atoms with van der Waals surface area (Å²) in [5, 5.41) is 3.20. The molecule has 1 aromatic rings. The third-order valence-corrected chi connectivity index (χ3v) is 5.13. The molecule has 3 fully saturated rings. The Labute approximate surface area is 168 Å². The van der Waals surface area contributed by atoms with E-state index < -0.39 is 42.3 Å². The minimum Gasteiger partial charge on any atom is -0.495 e. The van der Waals surface area contributed by atoms with Crippen LogP contribution in [-0.4, -0.2) is 55.3 Å². The van der Waals surface area contributed by atoms with E-state index in [1.165, 1.54) is 7.11 Å². The van der Waals surface area contributed by atoms with Gasteiger partial charge in [-0.05, 0) is 45.9 Å². The van der Waals surface area contributed by atoms with Crippen LogP contribution in [0.3, 0.4) is 0 Å². The number of ether oxygens (including phenoxy) is 6. The van der Waals surface area contributed by atoms with Crippen LogP contribution in [0.1, 0.15) is 27.7 Å². The Hall–Kier alpha value is -1.42. The molecule has 0 saturated carbocycles. The van der Waals surface area contributed by atoms with Gasteiger partial charge in [-0.25, -0.2) is 0 Å². The molecule has 0 unspecified atom stereocenters. The largest absolute Gasteiger partial charge is 0.495 e. The van der Waals surface area contributed by atoms with Crippen LogP contribution in [0.2, 0.25) is 5.02 Å². The SMILES string of the molecule is COc1ccc(NC(=O)[C@H]2O[C@@H]3OC(C)(C)O[C@@H]3[C@H]3OC(C)(C)O[C@H]32)cc1Cl. The molecule has 4 rings (SSSR count). The minimum atomic E-state index is -0.939. The zero-order valence-corrected chi connectivity index (χ0v) is 17.1. The zero-order valence-electron chi connectivity index (χ0n) is 16.4. The van der Waals surface area contributed by atoms with Crippen LogP contribution >= 0.6 is 11.6 Å². The van der Waals surface area contributed by atoms with E-state index in [1.807, 2.05) is 0 Å². The maximum absolute atomic E-state index is 13.0. The molecule has 0 aliphatic carbocycles. The van der Waals surface area contributed by atoms with E-state index in [0.29, 0.717) is 16.5 Å². The van der Waals surface area contributed by atoms with Crippen LogP contribution in [0, 0.1) is 0 Å². The summed E-state index contributed by atoms with van der Waals surface area (Å²) < 4.78 is 34.8. The van der Waals surface area contributed by atoms with Crippen LogP contribution in [-0.2, 0) is 28.5 Å². The van der Waals surface area contributed by atoms with Crippen molar-refractivity contribution >= 4 is 23.2 Å². The Bertz CT molecular complexity index is 784. The molecular formula is C19H24ClNO7. The van der Waals surface area contributed by atoms with Gasteiger partial charge in [-0.1, -0.05) is 11.6 Å². The molecule has 0 bridgehead atoms. The van der Waals surface area contributed by atoms with Gasteiger partial charge in [0, 0.05) is 5.69 Å². The van der Waals surface area contributed by atoms with Gasteiger partial charge in [0.25, 0.3) is 5.91 Å². The maximum Gasteiger partial charge on any atom is 0.256 e. The number of halogens is 1. The zero-order chi connectivity index (χ0) is 20.3. The number of carbonyl (C=O) groups excluding carboxylic acids is 1. The molecule has 0 radical (unpaired) electrons. The summed E-state index contributed by atoms with van der Waals surface area (Å²) in [6, 6.07) is 4.98. The molecule has 1 amide bonds. The molecular weight excluding hydrogens is 390 g/mol. The summed E-state index contributed by atoms with van der Waals surface area (Å²) in [6.07, 6.45) is -3.29. The number of carbonyl (C=O) groups is 1. The van der Waals surface area contributed by atoms with Crippen molar-refractivity contribution in [2.75, 3.05) is 12.4 Å².